The fraction of sp³-hybridized carbons (Fsp3) is 0.0833. The molecule has 0 saturated carbocycles. The number of rotatable bonds is 1. The molecule has 0 saturated heterocycles. The number of hydrogen-bond donors (Lipinski definition) is 1. The second-order valence-corrected chi connectivity index (χ2v) is 4.06. The first-order valence-electron chi connectivity index (χ1n) is 5.40. The average Bonchev–Trinajstić information content (AvgIpc) is 2.42. The Kier molecular flexibility index (Phi) is 3.71. The molecule has 0 atom stereocenters. The van der Waals surface area contributed by atoms with Crippen molar-refractivity contribution in [3.05, 3.63) is 46.9 Å². The lowest BCUT2D eigenvalue weighted by molar-refractivity contribution is -0.136. The number of pyridine rings is 1. The SMILES string of the molecule is Nc1nccc(-c2c(F)c(F)c(F)c(F)c2F)c1C(F)(F)F. The van der Waals surface area contributed by atoms with Gasteiger partial charge in [-0.25, -0.2) is 26.9 Å². The number of hydrogen-bond acceptors (Lipinski definition) is 2. The lowest BCUT2D eigenvalue weighted by Crippen LogP contribution is -2.14. The van der Waals surface area contributed by atoms with Crippen LogP contribution in [0.25, 0.3) is 11.1 Å². The Hall–Kier alpha value is -2.39. The highest BCUT2D eigenvalue weighted by Crippen LogP contribution is 2.42. The maximum Gasteiger partial charge on any atom is 0.420 e. The maximum absolute atomic E-state index is 13.6. The van der Waals surface area contributed by atoms with Gasteiger partial charge in [-0.2, -0.15) is 13.2 Å². The Morgan fingerprint density at radius 1 is 0.818 bits per heavy atom. The molecule has 10 heteroatoms. The number of nitrogens with two attached hydrogens (primary N) is 1. The quantitative estimate of drug-likeness (QED) is 0.487. The molecular formula is C12H4F8N2. The lowest BCUT2D eigenvalue weighted by atomic mass is 9.98. The summed E-state index contributed by atoms with van der Waals surface area (Å²) >= 11 is 0. The zero-order chi connectivity index (χ0) is 16.8. The number of nitrogens with zero attached hydrogens (tertiary/aromatic N) is 1. The smallest absolute Gasteiger partial charge is 0.383 e. The maximum atomic E-state index is 13.6. The molecule has 0 spiro atoms. The molecule has 0 aliphatic carbocycles. The van der Waals surface area contributed by atoms with Gasteiger partial charge < -0.3 is 5.73 Å². The summed E-state index contributed by atoms with van der Waals surface area (Å²) in [5, 5.41) is 0. The molecule has 0 aliphatic heterocycles. The van der Waals surface area contributed by atoms with Crippen molar-refractivity contribution in [3.8, 4) is 11.1 Å². The molecule has 1 heterocycles. The summed E-state index contributed by atoms with van der Waals surface area (Å²) in [5.74, 6) is -13.2. The molecule has 0 aliphatic rings. The highest BCUT2D eigenvalue weighted by atomic mass is 19.4. The standard InChI is InChI=1S/C12H4F8N2/c13-6-4(7(14)9(16)10(17)8(6)15)3-1-2-22-11(21)5(3)12(18,19)20/h1-2H,(H2,21,22). The predicted octanol–water partition coefficient (Wildman–Crippen LogP) is 4.05. The van der Waals surface area contributed by atoms with Crippen LogP contribution in [0.5, 0.6) is 0 Å². The van der Waals surface area contributed by atoms with E-state index in [1.54, 1.807) is 0 Å². The van der Waals surface area contributed by atoms with E-state index in [4.69, 9.17) is 5.73 Å². The van der Waals surface area contributed by atoms with Crippen LogP contribution in [0.1, 0.15) is 5.56 Å². The van der Waals surface area contributed by atoms with Crippen molar-refractivity contribution in [1.82, 2.24) is 4.98 Å². The molecule has 0 bridgehead atoms. The van der Waals surface area contributed by atoms with Crippen LogP contribution in [0.2, 0.25) is 0 Å². The number of anilines is 1. The summed E-state index contributed by atoms with van der Waals surface area (Å²) in [6.07, 6.45) is -4.56. The number of benzene rings is 1. The van der Waals surface area contributed by atoms with Crippen molar-refractivity contribution in [2.45, 2.75) is 6.18 Å². The minimum absolute atomic E-state index is 0.456. The molecule has 118 valence electrons. The Morgan fingerprint density at radius 3 is 1.73 bits per heavy atom. The molecule has 2 rings (SSSR count). The van der Waals surface area contributed by atoms with Crippen molar-refractivity contribution in [2.75, 3.05) is 5.73 Å². The first-order valence-corrected chi connectivity index (χ1v) is 5.40. The largest absolute Gasteiger partial charge is 0.420 e. The molecule has 2 nitrogen and oxygen atoms in total. The van der Waals surface area contributed by atoms with Gasteiger partial charge in [-0.3, -0.25) is 0 Å². The molecule has 0 amide bonds. The third-order valence-electron chi connectivity index (χ3n) is 2.74. The Morgan fingerprint density at radius 2 is 1.27 bits per heavy atom. The first kappa shape index (κ1) is 16.0. The second kappa shape index (κ2) is 5.11. The first-order chi connectivity index (χ1) is 10.1. The molecular weight excluding hydrogens is 324 g/mol. The van der Waals surface area contributed by atoms with Gasteiger partial charge in [-0.05, 0) is 6.07 Å². The van der Waals surface area contributed by atoms with Crippen LogP contribution in [0.15, 0.2) is 12.3 Å². The third-order valence-corrected chi connectivity index (χ3v) is 2.74. The third kappa shape index (κ3) is 2.34. The monoisotopic (exact) mass is 328 g/mol. The van der Waals surface area contributed by atoms with Crippen molar-refractivity contribution >= 4 is 5.82 Å². The highest BCUT2D eigenvalue weighted by Gasteiger charge is 2.39. The van der Waals surface area contributed by atoms with Gasteiger partial charge in [0.2, 0.25) is 5.82 Å². The molecule has 1 aromatic heterocycles. The summed E-state index contributed by atoms with van der Waals surface area (Å²) in [6.45, 7) is 0. The van der Waals surface area contributed by atoms with Gasteiger partial charge >= 0.3 is 6.18 Å². The van der Waals surface area contributed by atoms with Crippen molar-refractivity contribution < 1.29 is 35.1 Å². The van der Waals surface area contributed by atoms with Crippen molar-refractivity contribution in [2.24, 2.45) is 0 Å². The molecule has 22 heavy (non-hydrogen) atoms. The van der Waals surface area contributed by atoms with Crippen LogP contribution >= 0.6 is 0 Å². The van der Waals surface area contributed by atoms with E-state index in [9.17, 15) is 35.1 Å². The van der Waals surface area contributed by atoms with Crippen LogP contribution in [-0.4, -0.2) is 4.98 Å². The van der Waals surface area contributed by atoms with E-state index in [-0.39, 0.29) is 0 Å². The summed E-state index contributed by atoms with van der Waals surface area (Å²) in [6, 6.07) is 0.456. The van der Waals surface area contributed by atoms with E-state index in [1.807, 2.05) is 0 Å². The van der Waals surface area contributed by atoms with E-state index >= 15 is 0 Å². The summed E-state index contributed by atoms with van der Waals surface area (Å²) in [4.78, 5) is 3.10. The van der Waals surface area contributed by atoms with Gasteiger partial charge in [-0.1, -0.05) is 0 Å². The zero-order valence-corrected chi connectivity index (χ0v) is 10.2. The van der Waals surface area contributed by atoms with Crippen LogP contribution < -0.4 is 5.73 Å². The molecule has 0 radical (unpaired) electrons. The molecule has 0 fully saturated rings. The van der Waals surface area contributed by atoms with E-state index in [0.29, 0.717) is 12.3 Å². The topological polar surface area (TPSA) is 38.9 Å². The van der Waals surface area contributed by atoms with Gasteiger partial charge in [0.1, 0.15) is 11.4 Å². The van der Waals surface area contributed by atoms with E-state index in [1.165, 1.54) is 0 Å². The highest BCUT2D eigenvalue weighted by molar-refractivity contribution is 5.73. The number of halogens is 8. The van der Waals surface area contributed by atoms with E-state index in [2.05, 4.69) is 4.98 Å². The molecule has 2 N–H and O–H groups in total. The molecule has 0 unspecified atom stereocenters. The van der Waals surface area contributed by atoms with Crippen molar-refractivity contribution in [1.29, 1.82) is 0 Å². The van der Waals surface area contributed by atoms with Gasteiger partial charge in [0.15, 0.2) is 23.3 Å². The number of nitrogen functional groups attached to an aromatic ring is 1. The average molecular weight is 328 g/mol. The summed E-state index contributed by atoms with van der Waals surface area (Å²) in [7, 11) is 0. The number of alkyl halides is 3. The molecule has 1 aromatic carbocycles. The van der Waals surface area contributed by atoms with Crippen LogP contribution in [0.4, 0.5) is 40.9 Å². The van der Waals surface area contributed by atoms with Crippen molar-refractivity contribution in [3.63, 3.8) is 0 Å². The Labute approximate surface area is 117 Å². The van der Waals surface area contributed by atoms with Gasteiger partial charge in [0, 0.05) is 11.8 Å². The minimum Gasteiger partial charge on any atom is -0.383 e. The van der Waals surface area contributed by atoms with Crippen LogP contribution in [-0.2, 0) is 6.18 Å². The zero-order valence-electron chi connectivity index (χ0n) is 10.2. The van der Waals surface area contributed by atoms with Gasteiger partial charge in [-0.15, -0.1) is 0 Å². The van der Waals surface area contributed by atoms with E-state index < -0.39 is 57.8 Å². The van der Waals surface area contributed by atoms with Gasteiger partial charge in [0.05, 0.1) is 5.56 Å². The summed E-state index contributed by atoms with van der Waals surface area (Å²) in [5.41, 5.74) is 0.198. The normalized spacial score (nSPS) is 11.8. The van der Waals surface area contributed by atoms with E-state index in [0.717, 1.165) is 0 Å². The summed E-state index contributed by atoms with van der Waals surface area (Å²) < 4.78 is 105. The predicted molar refractivity (Wildman–Crippen MR) is 58.9 cm³/mol. The van der Waals surface area contributed by atoms with Crippen LogP contribution in [0, 0.1) is 29.1 Å². The second-order valence-electron chi connectivity index (χ2n) is 4.06. The lowest BCUT2D eigenvalue weighted by Gasteiger charge is -2.16. The number of aromatic nitrogens is 1. The Balaban J connectivity index is 2.94. The minimum atomic E-state index is -5.21. The van der Waals surface area contributed by atoms with Gasteiger partial charge in [0.25, 0.3) is 0 Å². The Bertz CT molecular complexity index is 725. The fourth-order valence-corrected chi connectivity index (χ4v) is 1.83. The molecule has 2 aromatic rings. The fourth-order valence-electron chi connectivity index (χ4n) is 1.83. The van der Waals surface area contributed by atoms with Crippen LogP contribution in [0.3, 0.4) is 0 Å².